The number of anilines is 1. The molecule has 0 aliphatic rings. The number of carbonyl (C=O) groups is 1. The molecule has 7 nitrogen and oxygen atoms in total. The summed E-state index contributed by atoms with van der Waals surface area (Å²) in [5.74, 6) is 0. The van der Waals surface area contributed by atoms with Gasteiger partial charge in [0.1, 0.15) is 5.00 Å². The second kappa shape index (κ2) is 7.15. The van der Waals surface area contributed by atoms with E-state index in [1.54, 1.807) is 14.2 Å². The lowest BCUT2D eigenvalue weighted by molar-refractivity contribution is -0.109. The van der Waals surface area contributed by atoms with E-state index < -0.39 is 0 Å². The Morgan fingerprint density at radius 1 is 1.53 bits per heavy atom. The lowest BCUT2D eigenvalue weighted by atomic mass is 10.2. The topological polar surface area (TPSA) is 85.4 Å². The first-order valence-electron chi connectivity index (χ1n) is 5.06. The van der Waals surface area contributed by atoms with E-state index in [0.717, 1.165) is 11.5 Å². The fraction of sp³-hybridized carbons (Fsp3) is 0.667. The maximum Gasteiger partial charge on any atom is 0.320 e. The van der Waals surface area contributed by atoms with Crippen molar-refractivity contribution in [2.45, 2.75) is 25.7 Å². The number of methoxy groups -OCH3 is 2. The molecule has 2 N–H and O–H groups in total. The van der Waals surface area contributed by atoms with Crippen LogP contribution in [-0.4, -0.2) is 42.2 Å². The van der Waals surface area contributed by atoms with Crippen LogP contribution in [0.1, 0.15) is 13.3 Å². The van der Waals surface area contributed by atoms with Gasteiger partial charge in [0, 0.05) is 38.2 Å². The molecule has 0 spiro atoms. The molecule has 1 aromatic heterocycles. The zero-order valence-corrected chi connectivity index (χ0v) is 10.8. The van der Waals surface area contributed by atoms with Gasteiger partial charge in [0.2, 0.25) is 0 Å². The van der Waals surface area contributed by atoms with Crippen molar-refractivity contribution >= 4 is 22.6 Å². The van der Waals surface area contributed by atoms with Gasteiger partial charge in [0.15, 0.2) is 6.29 Å². The summed E-state index contributed by atoms with van der Waals surface area (Å²) in [6, 6.07) is -0.365. The molecule has 17 heavy (non-hydrogen) atoms. The molecule has 1 atom stereocenters. The lowest BCUT2D eigenvalue weighted by Crippen LogP contribution is -2.38. The van der Waals surface area contributed by atoms with Gasteiger partial charge in [-0.3, -0.25) is 5.32 Å². The molecular formula is C9H16N4O3S. The molecule has 0 fully saturated rings. The fourth-order valence-electron chi connectivity index (χ4n) is 1.23. The Morgan fingerprint density at radius 2 is 2.24 bits per heavy atom. The summed E-state index contributed by atoms with van der Waals surface area (Å²) in [5.41, 5.74) is 0. The van der Waals surface area contributed by atoms with Crippen molar-refractivity contribution in [2.24, 2.45) is 0 Å². The summed E-state index contributed by atoms with van der Waals surface area (Å²) in [4.78, 5) is 11.5. The van der Waals surface area contributed by atoms with E-state index in [-0.39, 0.29) is 18.4 Å². The standard InChI is InChI=1S/C9H16N4O3S/c1-6(4-8(15-2)16-3)11-9(14)12-7-5-10-13-17-7/h5-6,8H,4H2,1-3H3,(H2,11,12,14). The van der Waals surface area contributed by atoms with Crippen LogP contribution in [0.4, 0.5) is 9.80 Å². The Labute approximate surface area is 104 Å². The Morgan fingerprint density at radius 3 is 2.76 bits per heavy atom. The van der Waals surface area contributed by atoms with E-state index in [0.29, 0.717) is 11.4 Å². The number of carbonyl (C=O) groups excluding carboxylic acids is 1. The van der Waals surface area contributed by atoms with E-state index in [1.807, 2.05) is 6.92 Å². The number of nitrogens with zero attached hydrogens (tertiary/aromatic N) is 2. The maximum atomic E-state index is 11.5. The Kier molecular flexibility index (Phi) is 5.81. The van der Waals surface area contributed by atoms with Crippen LogP contribution >= 0.6 is 11.5 Å². The number of hydrogen-bond donors (Lipinski definition) is 2. The zero-order chi connectivity index (χ0) is 12.7. The molecule has 1 aromatic rings. The molecule has 0 aliphatic heterocycles. The number of rotatable bonds is 6. The lowest BCUT2D eigenvalue weighted by Gasteiger charge is -2.19. The predicted molar refractivity (Wildman–Crippen MR) is 63.9 cm³/mol. The average Bonchev–Trinajstić information content (AvgIpc) is 2.78. The first-order chi connectivity index (χ1) is 8.15. The van der Waals surface area contributed by atoms with E-state index >= 15 is 0 Å². The highest BCUT2D eigenvalue weighted by atomic mass is 32.1. The van der Waals surface area contributed by atoms with Crippen molar-refractivity contribution in [2.75, 3.05) is 19.5 Å². The first-order valence-corrected chi connectivity index (χ1v) is 5.83. The van der Waals surface area contributed by atoms with Crippen LogP contribution in [0.5, 0.6) is 0 Å². The average molecular weight is 260 g/mol. The summed E-state index contributed by atoms with van der Waals surface area (Å²) in [6.45, 7) is 1.87. The summed E-state index contributed by atoms with van der Waals surface area (Å²) in [5, 5.41) is 9.60. The molecular weight excluding hydrogens is 244 g/mol. The number of aromatic nitrogens is 2. The van der Waals surface area contributed by atoms with Crippen LogP contribution in [-0.2, 0) is 9.47 Å². The molecule has 2 amide bonds. The van der Waals surface area contributed by atoms with Crippen molar-refractivity contribution in [3.63, 3.8) is 0 Å². The number of nitrogens with one attached hydrogen (secondary N) is 2. The van der Waals surface area contributed by atoms with Crippen molar-refractivity contribution in [1.82, 2.24) is 14.9 Å². The minimum Gasteiger partial charge on any atom is -0.356 e. The van der Waals surface area contributed by atoms with Gasteiger partial charge in [-0.15, -0.1) is 5.10 Å². The van der Waals surface area contributed by atoms with Gasteiger partial charge in [-0.05, 0) is 6.92 Å². The smallest absolute Gasteiger partial charge is 0.320 e. The number of amides is 2. The van der Waals surface area contributed by atoms with Gasteiger partial charge < -0.3 is 14.8 Å². The predicted octanol–water partition coefficient (Wildman–Crippen LogP) is 1.06. The van der Waals surface area contributed by atoms with Crippen LogP contribution in [0.3, 0.4) is 0 Å². The third-order valence-corrected chi connectivity index (χ3v) is 2.63. The monoisotopic (exact) mass is 260 g/mol. The summed E-state index contributed by atoms with van der Waals surface area (Å²) in [7, 11) is 3.12. The second-order valence-electron chi connectivity index (χ2n) is 3.42. The van der Waals surface area contributed by atoms with Gasteiger partial charge >= 0.3 is 6.03 Å². The van der Waals surface area contributed by atoms with Crippen LogP contribution in [0.15, 0.2) is 6.20 Å². The SMILES string of the molecule is COC(CC(C)NC(=O)Nc1cnns1)OC. The van der Waals surface area contributed by atoms with E-state index in [1.165, 1.54) is 6.20 Å². The minimum absolute atomic E-state index is 0.0687. The van der Waals surface area contributed by atoms with E-state index in [9.17, 15) is 4.79 Å². The van der Waals surface area contributed by atoms with Gasteiger partial charge in [0.25, 0.3) is 0 Å². The fourth-order valence-corrected chi connectivity index (χ4v) is 1.65. The number of hydrogen-bond acceptors (Lipinski definition) is 6. The summed E-state index contributed by atoms with van der Waals surface area (Å²) < 4.78 is 13.7. The highest BCUT2D eigenvalue weighted by Gasteiger charge is 2.14. The Hall–Kier alpha value is -1.25. The molecule has 1 rings (SSSR count). The number of ether oxygens (including phenoxy) is 2. The van der Waals surface area contributed by atoms with Gasteiger partial charge in [0.05, 0.1) is 6.20 Å². The molecule has 0 aliphatic carbocycles. The van der Waals surface area contributed by atoms with Crippen LogP contribution in [0, 0.1) is 0 Å². The molecule has 0 saturated heterocycles. The van der Waals surface area contributed by atoms with Crippen molar-refractivity contribution in [1.29, 1.82) is 0 Å². The van der Waals surface area contributed by atoms with E-state index in [2.05, 4.69) is 20.2 Å². The molecule has 8 heteroatoms. The molecule has 1 heterocycles. The molecule has 0 saturated carbocycles. The molecule has 0 radical (unpaired) electrons. The molecule has 0 aromatic carbocycles. The quantitative estimate of drug-likeness (QED) is 0.747. The maximum absolute atomic E-state index is 11.5. The second-order valence-corrected chi connectivity index (χ2v) is 4.20. The highest BCUT2D eigenvalue weighted by molar-refractivity contribution is 7.10. The molecule has 96 valence electrons. The van der Waals surface area contributed by atoms with Crippen LogP contribution in [0.2, 0.25) is 0 Å². The van der Waals surface area contributed by atoms with Gasteiger partial charge in [-0.25, -0.2) is 4.79 Å². The summed E-state index contributed by atoms with van der Waals surface area (Å²) in [6.07, 6.45) is 1.74. The Balaban J connectivity index is 2.30. The minimum atomic E-state index is -0.324. The van der Waals surface area contributed by atoms with Gasteiger partial charge in [-0.1, -0.05) is 4.49 Å². The van der Waals surface area contributed by atoms with Crippen LogP contribution < -0.4 is 10.6 Å². The van der Waals surface area contributed by atoms with Gasteiger partial charge in [-0.2, -0.15) is 0 Å². The van der Waals surface area contributed by atoms with Crippen LogP contribution in [0.25, 0.3) is 0 Å². The highest BCUT2D eigenvalue weighted by Crippen LogP contribution is 2.09. The van der Waals surface area contributed by atoms with Crippen molar-refractivity contribution in [3.8, 4) is 0 Å². The van der Waals surface area contributed by atoms with Crippen molar-refractivity contribution < 1.29 is 14.3 Å². The Bertz CT molecular complexity index is 329. The third-order valence-electron chi connectivity index (χ3n) is 2.05. The first kappa shape index (κ1) is 13.8. The largest absolute Gasteiger partial charge is 0.356 e. The van der Waals surface area contributed by atoms with Crippen molar-refractivity contribution in [3.05, 3.63) is 6.20 Å². The summed E-state index contributed by atoms with van der Waals surface area (Å²) >= 11 is 1.12. The molecule has 0 bridgehead atoms. The number of urea groups is 1. The normalized spacial score (nSPS) is 12.5. The zero-order valence-electron chi connectivity index (χ0n) is 9.97. The molecule has 1 unspecified atom stereocenters. The third kappa shape index (κ3) is 5.07. The van der Waals surface area contributed by atoms with E-state index in [4.69, 9.17) is 9.47 Å².